The lowest BCUT2D eigenvalue weighted by Gasteiger charge is -2.07. The third-order valence-corrected chi connectivity index (χ3v) is 1.90. The first-order chi connectivity index (χ1) is 7.26. The van der Waals surface area contributed by atoms with Crippen molar-refractivity contribution in [2.45, 2.75) is 0 Å². The molecule has 0 heterocycles. The highest BCUT2D eigenvalue weighted by Gasteiger charge is 2.00. The lowest BCUT2D eigenvalue weighted by Crippen LogP contribution is -2.30. The number of ether oxygens (including phenoxy) is 1. The van der Waals surface area contributed by atoms with Gasteiger partial charge in [0.2, 0.25) is 0 Å². The van der Waals surface area contributed by atoms with Crippen molar-refractivity contribution in [2.75, 3.05) is 24.9 Å². The maximum Gasteiger partial charge on any atom is 0.319 e. The number of anilines is 1. The maximum absolute atomic E-state index is 11.2. The number of methoxy groups -OCH3 is 1. The van der Waals surface area contributed by atoms with Crippen LogP contribution in [-0.4, -0.2) is 25.6 Å². The second-order valence-electron chi connectivity index (χ2n) is 2.80. The van der Waals surface area contributed by atoms with Crippen molar-refractivity contribution < 1.29 is 9.53 Å². The summed E-state index contributed by atoms with van der Waals surface area (Å²) in [7, 11) is 1.58. The summed E-state index contributed by atoms with van der Waals surface area (Å²) >= 11 is 5.43. The molecule has 0 atom stereocenters. The van der Waals surface area contributed by atoms with Gasteiger partial charge in [0.1, 0.15) is 5.75 Å². The summed E-state index contributed by atoms with van der Waals surface area (Å²) in [5.41, 5.74) is 0.682. The predicted molar refractivity (Wildman–Crippen MR) is 60.7 cm³/mol. The molecule has 82 valence electrons. The van der Waals surface area contributed by atoms with E-state index in [0.717, 1.165) is 0 Å². The fourth-order valence-electron chi connectivity index (χ4n) is 1.04. The molecule has 2 amide bonds. The number of halogens is 1. The van der Waals surface area contributed by atoms with E-state index in [1.807, 2.05) is 6.07 Å². The number of amides is 2. The van der Waals surface area contributed by atoms with Crippen molar-refractivity contribution in [1.82, 2.24) is 5.32 Å². The molecule has 0 saturated heterocycles. The minimum atomic E-state index is -0.274. The summed E-state index contributed by atoms with van der Waals surface area (Å²) in [5.74, 6) is 1.09. The molecule has 0 fully saturated rings. The molecule has 0 aromatic heterocycles. The quantitative estimate of drug-likeness (QED) is 0.775. The molecule has 0 spiro atoms. The van der Waals surface area contributed by atoms with Gasteiger partial charge in [0.25, 0.3) is 0 Å². The van der Waals surface area contributed by atoms with Gasteiger partial charge in [-0.25, -0.2) is 4.79 Å². The second kappa shape index (κ2) is 6.14. The van der Waals surface area contributed by atoms with Gasteiger partial charge in [-0.15, -0.1) is 11.6 Å². The Bertz CT molecular complexity index is 331. The van der Waals surface area contributed by atoms with E-state index in [1.165, 1.54) is 0 Å². The Hall–Kier alpha value is -1.42. The lowest BCUT2D eigenvalue weighted by atomic mass is 10.3. The molecule has 0 aliphatic carbocycles. The van der Waals surface area contributed by atoms with Crippen molar-refractivity contribution in [1.29, 1.82) is 0 Å². The van der Waals surface area contributed by atoms with Crippen LogP contribution in [0.2, 0.25) is 0 Å². The van der Waals surface area contributed by atoms with E-state index in [-0.39, 0.29) is 6.03 Å². The largest absolute Gasteiger partial charge is 0.497 e. The monoisotopic (exact) mass is 228 g/mol. The number of carbonyl (C=O) groups is 1. The van der Waals surface area contributed by atoms with Crippen LogP contribution in [0.25, 0.3) is 0 Å². The fourth-order valence-corrected chi connectivity index (χ4v) is 1.13. The Balaban J connectivity index is 2.52. The zero-order valence-electron chi connectivity index (χ0n) is 8.42. The van der Waals surface area contributed by atoms with Crippen LogP contribution in [0.15, 0.2) is 24.3 Å². The van der Waals surface area contributed by atoms with Crippen LogP contribution in [0.4, 0.5) is 10.5 Å². The third kappa shape index (κ3) is 4.08. The van der Waals surface area contributed by atoms with E-state index < -0.39 is 0 Å². The van der Waals surface area contributed by atoms with E-state index in [1.54, 1.807) is 25.3 Å². The molecule has 5 heteroatoms. The number of rotatable bonds is 4. The second-order valence-corrected chi connectivity index (χ2v) is 3.18. The van der Waals surface area contributed by atoms with Gasteiger partial charge in [-0.1, -0.05) is 6.07 Å². The highest BCUT2D eigenvalue weighted by Crippen LogP contribution is 2.16. The minimum absolute atomic E-state index is 0.274. The Morgan fingerprint density at radius 2 is 2.33 bits per heavy atom. The summed E-state index contributed by atoms with van der Waals surface area (Å²) in [6.07, 6.45) is 0. The van der Waals surface area contributed by atoms with Gasteiger partial charge in [0, 0.05) is 24.2 Å². The molecule has 1 rings (SSSR count). The molecule has 2 N–H and O–H groups in total. The van der Waals surface area contributed by atoms with E-state index in [9.17, 15) is 4.79 Å². The van der Waals surface area contributed by atoms with Gasteiger partial charge in [-0.05, 0) is 12.1 Å². The van der Waals surface area contributed by atoms with Gasteiger partial charge in [-0.3, -0.25) is 0 Å². The van der Waals surface area contributed by atoms with Crippen LogP contribution in [0, 0.1) is 0 Å². The first-order valence-corrected chi connectivity index (χ1v) is 5.04. The van der Waals surface area contributed by atoms with Crippen LogP contribution in [0.1, 0.15) is 0 Å². The molecule has 0 aliphatic heterocycles. The molecule has 1 aromatic rings. The zero-order valence-corrected chi connectivity index (χ0v) is 9.17. The van der Waals surface area contributed by atoms with Crippen LogP contribution in [-0.2, 0) is 0 Å². The topological polar surface area (TPSA) is 50.4 Å². The number of nitrogens with one attached hydrogen (secondary N) is 2. The van der Waals surface area contributed by atoms with Gasteiger partial charge >= 0.3 is 6.03 Å². The highest BCUT2D eigenvalue weighted by molar-refractivity contribution is 6.18. The van der Waals surface area contributed by atoms with Crippen LogP contribution >= 0.6 is 11.6 Å². The zero-order chi connectivity index (χ0) is 11.1. The average molecular weight is 229 g/mol. The number of urea groups is 1. The summed E-state index contributed by atoms with van der Waals surface area (Å²) in [6, 6.07) is 6.85. The lowest BCUT2D eigenvalue weighted by molar-refractivity contribution is 0.252. The SMILES string of the molecule is COc1cccc(NC(=O)NCCCl)c1. The predicted octanol–water partition coefficient (Wildman–Crippen LogP) is 2.06. The number of hydrogen-bond donors (Lipinski definition) is 2. The molecule has 0 saturated carbocycles. The van der Waals surface area contributed by atoms with Gasteiger partial charge in [0.15, 0.2) is 0 Å². The molecule has 0 bridgehead atoms. The minimum Gasteiger partial charge on any atom is -0.497 e. The van der Waals surface area contributed by atoms with Crippen molar-refractivity contribution in [2.24, 2.45) is 0 Å². The van der Waals surface area contributed by atoms with Crippen molar-refractivity contribution in [3.8, 4) is 5.75 Å². The highest BCUT2D eigenvalue weighted by atomic mass is 35.5. The molecule has 0 radical (unpaired) electrons. The summed E-state index contributed by atoms with van der Waals surface area (Å²) in [6.45, 7) is 0.442. The van der Waals surface area contributed by atoms with Crippen LogP contribution in [0.3, 0.4) is 0 Å². The average Bonchev–Trinajstić information content (AvgIpc) is 2.26. The number of carbonyl (C=O) groups excluding carboxylic acids is 1. The van der Waals surface area contributed by atoms with Crippen molar-refractivity contribution >= 4 is 23.3 Å². The molecular weight excluding hydrogens is 216 g/mol. The summed E-state index contributed by atoms with van der Waals surface area (Å²) < 4.78 is 5.02. The standard InChI is InChI=1S/C10H13ClN2O2/c1-15-9-4-2-3-8(7-9)13-10(14)12-6-5-11/h2-4,7H,5-6H2,1H3,(H2,12,13,14). The van der Waals surface area contributed by atoms with Crippen LogP contribution in [0.5, 0.6) is 5.75 Å². The third-order valence-electron chi connectivity index (χ3n) is 1.71. The normalized spacial score (nSPS) is 9.47. The summed E-state index contributed by atoms with van der Waals surface area (Å²) in [5, 5.41) is 5.26. The molecule has 0 aliphatic rings. The Morgan fingerprint density at radius 3 is 3.00 bits per heavy atom. The van der Waals surface area contributed by atoms with E-state index in [0.29, 0.717) is 23.9 Å². The Labute approximate surface area is 93.6 Å². The number of hydrogen-bond acceptors (Lipinski definition) is 2. The van der Waals surface area contributed by atoms with Gasteiger partial charge in [0.05, 0.1) is 7.11 Å². The smallest absolute Gasteiger partial charge is 0.319 e. The molecule has 0 unspecified atom stereocenters. The van der Waals surface area contributed by atoms with Gasteiger partial charge < -0.3 is 15.4 Å². The van der Waals surface area contributed by atoms with Crippen molar-refractivity contribution in [3.63, 3.8) is 0 Å². The number of alkyl halides is 1. The first kappa shape index (κ1) is 11.7. The van der Waals surface area contributed by atoms with Crippen molar-refractivity contribution in [3.05, 3.63) is 24.3 Å². The number of benzene rings is 1. The molecular formula is C10H13ClN2O2. The Kier molecular flexibility index (Phi) is 4.77. The van der Waals surface area contributed by atoms with E-state index in [2.05, 4.69) is 10.6 Å². The van der Waals surface area contributed by atoms with Gasteiger partial charge in [-0.2, -0.15) is 0 Å². The molecule has 15 heavy (non-hydrogen) atoms. The van der Waals surface area contributed by atoms with Crippen LogP contribution < -0.4 is 15.4 Å². The Morgan fingerprint density at radius 1 is 1.53 bits per heavy atom. The van der Waals surface area contributed by atoms with E-state index >= 15 is 0 Å². The first-order valence-electron chi connectivity index (χ1n) is 4.51. The molecule has 4 nitrogen and oxygen atoms in total. The maximum atomic E-state index is 11.2. The fraction of sp³-hybridized carbons (Fsp3) is 0.300. The summed E-state index contributed by atoms with van der Waals surface area (Å²) in [4.78, 5) is 11.2. The molecule has 1 aromatic carbocycles. The van der Waals surface area contributed by atoms with E-state index in [4.69, 9.17) is 16.3 Å².